The normalized spacial score (nSPS) is 11.8. The van der Waals surface area contributed by atoms with Gasteiger partial charge in [-0.2, -0.15) is 10.5 Å². The van der Waals surface area contributed by atoms with Crippen LogP contribution >= 0.6 is 0 Å². The molecule has 0 saturated carbocycles. The van der Waals surface area contributed by atoms with Gasteiger partial charge in [-0.25, -0.2) is 0 Å². The zero-order valence-electron chi connectivity index (χ0n) is 21.8. The van der Waals surface area contributed by atoms with Crippen LogP contribution in [0.25, 0.3) is 11.1 Å². The summed E-state index contributed by atoms with van der Waals surface area (Å²) >= 11 is 0. The summed E-state index contributed by atoms with van der Waals surface area (Å²) < 4.78 is 0. The van der Waals surface area contributed by atoms with Crippen LogP contribution in [0.5, 0.6) is 0 Å². The number of nitriles is 2. The molecule has 1 unspecified atom stereocenters. The van der Waals surface area contributed by atoms with E-state index >= 15 is 0 Å². The summed E-state index contributed by atoms with van der Waals surface area (Å²) in [6, 6.07) is 41.2. The summed E-state index contributed by atoms with van der Waals surface area (Å²) in [5.41, 5.74) is 9.09. The molecule has 184 valence electrons. The van der Waals surface area contributed by atoms with Crippen molar-refractivity contribution in [1.82, 2.24) is 0 Å². The lowest BCUT2D eigenvalue weighted by Crippen LogP contribution is -2.12. The standard InChI is InChI=1S/C36H30N2/c1-26-14-18-30(19-15-26)35(31-20-16-27(2)17-21-31)23-33(22-28(3)29-10-6-4-7-11-29)36(34(24-37)25-38)32-12-8-5-9-13-32/h4-23,34,36H,3H2,1-2H3/b33-22-. The van der Waals surface area contributed by atoms with Crippen LogP contribution in [-0.2, 0) is 0 Å². The van der Waals surface area contributed by atoms with E-state index in [1.165, 1.54) is 11.1 Å². The average Bonchev–Trinajstić information content (AvgIpc) is 2.96. The Morgan fingerprint density at radius 3 is 1.58 bits per heavy atom. The summed E-state index contributed by atoms with van der Waals surface area (Å²) in [6.45, 7) is 8.50. The van der Waals surface area contributed by atoms with E-state index in [4.69, 9.17) is 0 Å². The van der Waals surface area contributed by atoms with Crippen LogP contribution in [-0.4, -0.2) is 0 Å². The lowest BCUT2D eigenvalue weighted by Gasteiger charge is -2.22. The Hall–Kier alpha value is -4.92. The second-order valence-corrected chi connectivity index (χ2v) is 9.45. The largest absolute Gasteiger partial charge is 0.197 e. The third kappa shape index (κ3) is 6.25. The van der Waals surface area contributed by atoms with Crippen molar-refractivity contribution in [3.05, 3.63) is 167 Å². The van der Waals surface area contributed by atoms with E-state index in [1.54, 1.807) is 0 Å². The van der Waals surface area contributed by atoms with Gasteiger partial charge in [-0.1, -0.05) is 133 Å². The van der Waals surface area contributed by atoms with Crippen LogP contribution in [0.4, 0.5) is 0 Å². The van der Waals surface area contributed by atoms with Gasteiger partial charge in [0.25, 0.3) is 0 Å². The molecule has 0 aliphatic heterocycles. The molecule has 0 amide bonds. The Balaban J connectivity index is 2.00. The SMILES string of the molecule is C=C(/C=C(/C=C(c1ccc(C)cc1)c1ccc(C)cc1)C(c1ccccc1)C(C#N)C#N)c1ccccc1. The first-order valence-corrected chi connectivity index (χ1v) is 12.7. The van der Waals surface area contributed by atoms with Gasteiger partial charge in [-0.05, 0) is 58.9 Å². The van der Waals surface area contributed by atoms with Gasteiger partial charge in [-0.15, -0.1) is 0 Å². The van der Waals surface area contributed by atoms with Crippen molar-refractivity contribution in [3.8, 4) is 12.1 Å². The summed E-state index contributed by atoms with van der Waals surface area (Å²) in [4.78, 5) is 0. The first-order chi connectivity index (χ1) is 18.5. The van der Waals surface area contributed by atoms with E-state index in [0.717, 1.165) is 39.0 Å². The van der Waals surface area contributed by atoms with Crippen molar-refractivity contribution in [2.75, 3.05) is 0 Å². The van der Waals surface area contributed by atoms with Crippen LogP contribution in [0.2, 0.25) is 0 Å². The molecule has 0 bridgehead atoms. The van der Waals surface area contributed by atoms with E-state index in [2.05, 4.69) is 87.2 Å². The molecule has 0 aliphatic rings. The van der Waals surface area contributed by atoms with Gasteiger partial charge in [0.2, 0.25) is 0 Å². The lowest BCUT2D eigenvalue weighted by atomic mass is 9.79. The second-order valence-electron chi connectivity index (χ2n) is 9.45. The fourth-order valence-electron chi connectivity index (χ4n) is 4.54. The van der Waals surface area contributed by atoms with Gasteiger partial charge in [0, 0.05) is 5.92 Å². The highest BCUT2D eigenvalue weighted by atomic mass is 14.4. The van der Waals surface area contributed by atoms with Gasteiger partial charge >= 0.3 is 0 Å². The zero-order chi connectivity index (χ0) is 26.9. The minimum Gasteiger partial charge on any atom is -0.197 e. The third-order valence-corrected chi connectivity index (χ3v) is 6.65. The van der Waals surface area contributed by atoms with Gasteiger partial charge in [-0.3, -0.25) is 0 Å². The molecule has 0 fully saturated rings. The second kappa shape index (κ2) is 12.4. The van der Waals surface area contributed by atoms with Gasteiger partial charge < -0.3 is 0 Å². The van der Waals surface area contributed by atoms with E-state index in [0.29, 0.717) is 0 Å². The Morgan fingerprint density at radius 2 is 1.11 bits per heavy atom. The fourth-order valence-corrected chi connectivity index (χ4v) is 4.54. The Morgan fingerprint density at radius 1 is 0.632 bits per heavy atom. The fraction of sp³-hybridized carbons (Fsp3) is 0.111. The van der Waals surface area contributed by atoms with Crippen molar-refractivity contribution in [2.24, 2.45) is 5.92 Å². The summed E-state index contributed by atoms with van der Waals surface area (Å²) in [7, 11) is 0. The molecule has 0 N–H and O–H groups in total. The number of aryl methyl sites for hydroxylation is 2. The molecule has 0 aromatic heterocycles. The Bertz CT molecular complexity index is 1470. The summed E-state index contributed by atoms with van der Waals surface area (Å²) in [5, 5.41) is 20.1. The highest BCUT2D eigenvalue weighted by Crippen LogP contribution is 2.37. The Kier molecular flexibility index (Phi) is 8.50. The first-order valence-electron chi connectivity index (χ1n) is 12.7. The molecule has 0 spiro atoms. The average molecular weight is 491 g/mol. The van der Waals surface area contributed by atoms with Crippen molar-refractivity contribution in [1.29, 1.82) is 10.5 Å². The maximum Gasteiger partial charge on any atom is 0.144 e. The molecule has 4 aromatic carbocycles. The predicted octanol–water partition coefficient (Wildman–Crippen LogP) is 8.82. The van der Waals surface area contributed by atoms with Crippen molar-refractivity contribution >= 4 is 11.1 Å². The zero-order valence-corrected chi connectivity index (χ0v) is 21.8. The molecule has 0 heterocycles. The van der Waals surface area contributed by atoms with Crippen molar-refractivity contribution < 1.29 is 0 Å². The summed E-state index contributed by atoms with van der Waals surface area (Å²) in [5.74, 6) is -1.33. The van der Waals surface area contributed by atoms with E-state index < -0.39 is 11.8 Å². The molecule has 2 heteroatoms. The number of benzene rings is 4. The van der Waals surface area contributed by atoms with Crippen LogP contribution < -0.4 is 0 Å². The molecule has 2 nitrogen and oxygen atoms in total. The molecule has 1 atom stereocenters. The van der Waals surface area contributed by atoms with E-state index in [9.17, 15) is 10.5 Å². The van der Waals surface area contributed by atoms with E-state index in [-0.39, 0.29) is 0 Å². The van der Waals surface area contributed by atoms with Gasteiger partial charge in [0.15, 0.2) is 0 Å². The maximum atomic E-state index is 10.0. The first kappa shape index (κ1) is 26.2. The maximum absolute atomic E-state index is 10.0. The molecule has 4 rings (SSSR count). The Labute approximate surface area is 226 Å². The summed E-state index contributed by atoms with van der Waals surface area (Å²) in [6.07, 6.45) is 4.15. The molecule has 4 aromatic rings. The molecular weight excluding hydrogens is 460 g/mol. The van der Waals surface area contributed by atoms with Crippen LogP contribution in [0.1, 0.15) is 39.3 Å². The minimum absolute atomic E-state index is 0.461. The molecule has 0 radical (unpaired) electrons. The van der Waals surface area contributed by atoms with Gasteiger partial charge in [0.1, 0.15) is 5.92 Å². The highest BCUT2D eigenvalue weighted by Gasteiger charge is 2.27. The van der Waals surface area contributed by atoms with E-state index in [1.807, 2.05) is 66.7 Å². The lowest BCUT2D eigenvalue weighted by molar-refractivity contribution is 0.709. The van der Waals surface area contributed by atoms with Crippen LogP contribution in [0.3, 0.4) is 0 Å². The quantitative estimate of drug-likeness (QED) is 0.232. The topological polar surface area (TPSA) is 47.6 Å². The smallest absolute Gasteiger partial charge is 0.144 e. The van der Waals surface area contributed by atoms with Gasteiger partial charge in [0.05, 0.1) is 12.1 Å². The number of hydrogen-bond donors (Lipinski definition) is 0. The number of nitrogens with zero attached hydrogens (tertiary/aromatic N) is 2. The van der Waals surface area contributed by atoms with Crippen LogP contribution in [0, 0.1) is 42.4 Å². The van der Waals surface area contributed by atoms with Crippen LogP contribution in [0.15, 0.2) is 133 Å². The highest BCUT2D eigenvalue weighted by molar-refractivity contribution is 5.83. The minimum atomic E-state index is -0.874. The predicted molar refractivity (Wildman–Crippen MR) is 157 cm³/mol. The number of allylic oxidation sites excluding steroid dienone is 4. The molecular formula is C36H30N2. The number of hydrogen-bond acceptors (Lipinski definition) is 2. The monoisotopic (exact) mass is 490 g/mol. The molecule has 38 heavy (non-hydrogen) atoms. The molecule has 0 aliphatic carbocycles. The number of rotatable bonds is 8. The van der Waals surface area contributed by atoms with Crippen molar-refractivity contribution in [3.63, 3.8) is 0 Å². The van der Waals surface area contributed by atoms with Crippen molar-refractivity contribution in [2.45, 2.75) is 19.8 Å². The molecule has 0 saturated heterocycles. The third-order valence-electron chi connectivity index (χ3n) is 6.65.